The van der Waals surface area contributed by atoms with Crippen molar-refractivity contribution in [3.05, 3.63) is 0 Å². The van der Waals surface area contributed by atoms with E-state index in [1.165, 1.54) is 0 Å². The van der Waals surface area contributed by atoms with E-state index in [9.17, 15) is 4.79 Å². The van der Waals surface area contributed by atoms with Crippen LogP contribution in [-0.2, 0) is 9.53 Å². The predicted molar refractivity (Wildman–Crippen MR) is 54.5 cm³/mol. The molecule has 0 aromatic rings. The molecule has 0 radical (unpaired) electrons. The van der Waals surface area contributed by atoms with Crippen LogP contribution in [0.15, 0.2) is 0 Å². The number of hydrogen-bond acceptors (Lipinski definition) is 3. The monoisotopic (exact) mass is 227 g/mol. The van der Waals surface area contributed by atoms with E-state index in [-0.39, 0.29) is 12.5 Å². The highest BCUT2D eigenvalue weighted by atomic mass is 35.5. The van der Waals surface area contributed by atoms with Gasteiger partial charge < -0.3 is 4.74 Å². The molecule has 13 heavy (non-hydrogen) atoms. The first-order valence-corrected chi connectivity index (χ1v) is 5.31. The molecule has 0 aromatic carbocycles. The summed E-state index contributed by atoms with van der Waals surface area (Å²) in [4.78, 5) is 12.9. The third-order valence-electron chi connectivity index (χ3n) is 1.46. The fourth-order valence-corrected chi connectivity index (χ4v) is 1.38. The van der Waals surface area contributed by atoms with Gasteiger partial charge >= 0.3 is 5.97 Å². The van der Waals surface area contributed by atoms with Crippen molar-refractivity contribution in [2.75, 3.05) is 38.0 Å². The summed E-state index contributed by atoms with van der Waals surface area (Å²) >= 11 is 11.1. The van der Waals surface area contributed by atoms with Crippen LogP contribution >= 0.6 is 23.2 Å². The van der Waals surface area contributed by atoms with E-state index in [1.807, 2.05) is 4.90 Å². The van der Waals surface area contributed by atoms with E-state index in [0.29, 0.717) is 31.5 Å². The molecule has 0 saturated carbocycles. The Bertz CT molecular complexity index is 138. The summed E-state index contributed by atoms with van der Waals surface area (Å²) in [6.45, 7) is 3.78. The quantitative estimate of drug-likeness (QED) is 0.486. The zero-order valence-electron chi connectivity index (χ0n) is 7.76. The van der Waals surface area contributed by atoms with Crippen LogP contribution in [0, 0.1) is 0 Å². The summed E-state index contributed by atoms with van der Waals surface area (Å²) in [7, 11) is 0. The molecule has 0 unspecified atom stereocenters. The maximum atomic E-state index is 11.1. The van der Waals surface area contributed by atoms with Crippen molar-refractivity contribution in [3.8, 4) is 0 Å². The van der Waals surface area contributed by atoms with Crippen molar-refractivity contribution in [1.82, 2.24) is 4.90 Å². The Morgan fingerprint density at radius 3 is 2.23 bits per heavy atom. The molecule has 3 nitrogen and oxygen atoms in total. The second-order valence-corrected chi connectivity index (χ2v) is 3.22. The number of esters is 1. The number of carbonyl (C=O) groups is 1. The zero-order valence-corrected chi connectivity index (χ0v) is 9.27. The molecular weight excluding hydrogens is 213 g/mol. The van der Waals surface area contributed by atoms with Crippen LogP contribution in [0.25, 0.3) is 0 Å². The van der Waals surface area contributed by atoms with Crippen LogP contribution in [0.5, 0.6) is 0 Å². The maximum Gasteiger partial charge on any atom is 0.320 e. The fraction of sp³-hybridized carbons (Fsp3) is 0.875. The average Bonchev–Trinajstić information content (AvgIpc) is 2.05. The van der Waals surface area contributed by atoms with Crippen molar-refractivity contribution in [1.29, 1.82) is 0 Å². The highest BCUT2D eigenvalue weighted by molar-refractivity contribution is 6.18. The summed E-state index contributed by atoms with van der Waals surface area (Å²) < 4.78 is 4.80. The van der Waals surface area contributed by atoms with Gasteiger partial charge in [-0.15, -0.1) is 23.2 Å². The van der Waals surface area contributed by atoms with E-state index < -0.39 is 0 Å². The Morgan fingerprint density at radius 1 is 1.31 bits per heavy atom. The minimum Gasteiger partial charge on any atom is -0.465 e. The van der Waals surface area contributed by atoms with E-state index in [0.717, 1.165) is 0 Å². The number of ether oxygens (including phenoxy) is 1. The van der Waals surface area contributed by atoms with E-state index in [2.05, 4.69) is 0 Å². The van der Waals surface area contributed by atoms with Gasteiger partial charge in [0.25, 0.3) is 0 Å². The van der Waals surface area contributed by atoms with E-state index in [1.54, 1.807) is 6.92 Å². The van der Waals surface area contributed by atoms with Crippen LogP contribution in [0.3, 0.4) is 0 Å². The molecule has 0 fully saturated rings. The highest BCUT2D eigenvalue weighted by Gasteiger charge is 2.09. The fourth-order valence-electron chi connectivity index (χ4n) is 0.898. The molecular formula is C8H15Cl2NO2. The van der Waals surface area contributed by atoms with Crippen LogP contribution in [0.4, 0.5) is 0 Å². The van der Waals surface area contributed by atoms with Gasteiger partial charge in [-0.3, -0.25) is 9.69 Å². The van der Waals surface area contributed by atoms with Crippen molar-refractivity contribution in [2.45, 2.75) is 6.92 Å². The van der Waals surface area contributed by atoms with Crippen molar-refractivity contribution < 1.29 is 9.53 Å². The largest absolute Gasteiger partial charge is 0.465 e. The minimum atomic E-state index is -0.224. The Hall–Kier alpha value is 0.01000. The van der Waals surface area contributed by atoms with Gasteiger partial charge in [-0.05, 0) is 6.92 Å². The molecule has 0 aliphatic heterocycles. The zero-order chi connectivity index (χ0) is 10.1. The maximum absolute atomic E-state index is 11.1. The third kappa shape index (κ3) is 7.11. The lowest BCUT2D eigenvalue weighted by Crippen LogP contribution is -2.34. The molecule has 0 bridgehead atoms. The standard InChI is InChI=1S/C8H15Cl2NO2/c1-2-13-8(12)7-11(5-3-9)6-4-10/h2-7H2,1H3. The first kappa shape index (κ1) is 13.0. The lowest BCUT2D eigenvalue weighted by molar-refractivity contribution is -0.144. The summed E-state index contributed by atoms with van der Waals surface area (Å²) in [6.07, 6.45) is 0. The Morgan fingerprint density at radius 2 is 1.85 bits per heavy atom. The van der Waals surface area contributed by atoms with E-state index in [4.69, 9.17) is 27.9 Å². The van der Waals surface area contributed by atoms with E-state index >= 15 is 0 Å². The van der Waals surface area contributed by atoms with Crippen molar-refractivity contribution in [2.24, 2.45) is 0 Å². The van der Waals surface area contributed by atoms with Crippen LogP contribution in [0.2, 0.25) is 0 Å². The van der Waals surface area contributed by atoms with Crippen LogP contribution in [-0.4, -0.2) is 48.9 Å². The number of carbonyl (C=O) groups excluding carboxylic acids is 1. The van der Waals surface area contributed by atoms with Crippen molar-refractivity contribution >= 4 is 29.2 Å². The molecule has 0 N–H and O–H groups in total. The second-order valence-electron chi connectivity index (χ2n) is 2.46. The lowest BCUT2D eigenvalue weighted by atomic mass is 10.5. The van der Waals surface area contributed by atoms with Gasteiger partial charge in [-0.2, -0.15) is 0 Å². The van der Waals surface area contributed by atoms with Gasteiger partial charge in [0.05, 0.1) is 13.2 Å². The van der Waals surface area contributed by atoms with Crippen LogP contribution in [0.1, 0.15) is 6.92 Å². The Labute approximate surface area is 88.9 Å². The summed E-state index contributed by atoms with van der Waals surface area (Å²) in [5, 5.41) is 0. The molecule has 0 aliphatic rings. The number of rotatable bonds is 7. The number of alkyl halides is 2. The van der Waals surface area contributed by atoms with Crippen LogP contribution < -0.4 is 0 Å². The van der Waals surface area contributed by atoms with Gasteiger partial charge in [0, 0.05) is 24.8 Å². The lowest BCUT2D eigenvalue weighted by Gasteiger charge is -2.18. The molecule has 0 spiro atoms. The van der Waals surface area contributed by atoms with Crippen molar-refractivity contribution in [3.63, 3.8) is 0 Å². The minimum absolute atomic E-state index is 0.224. The smallest absolute Gasteiger partial charge is 0.320 e. The molecule has 0 atom stereocenters. The predicted octanol–water partition coefficient (Wildman–Crippen LogP) is 1.33. The number of hydrogen-bond donors (Lipinski definition) is 0. The first-order chi connectivity index (χ1) is 6.24. The third-order valence-corrected chi connectivity index (χ3v) is 1.80. The average molecular weight is 228 g/mol. The SMILES string of the molecule is CCOC(=O)CN(CCCl)CCCl. The highest BCUT2D eigenvalue weighted by Crippen LogP contribution is 1.93. The normalized spacial score (nSPS) is 10.5. The second kappa shape index (κ2) is 8.60. The molecule has 0 amide bonds. The molecule has 0 aliphatic carbocycles. The number of nitrogens with zero attached hydrogens (tertiary/aromatic N) is 1. The topological polar surface area (TPSA) is 29.5 Å². The van der Waals surface area contributed by atoms with Gasteiger partial charge in [0.1, 0.15) is 0 Å². The Balaban J connectivity index is 3.71. The number of halogens is 2. The van der Waals surface area contributed by atoms with Gasteiger partial charge in [-0.25, -0.2) is 0 Å². The first-order valence-electron chi connectivity index (χ1n) is 4.24. The summed E-state index contributed by atoms with van der Waals surface area (Å²) in [5.41, 5.74) is 0. The van der Waals surface area contributed by atoms with Gasteiger partial charge in [-0.1, -0.05) is 0 Å². The Kier molecular flexibility index (Phi) is 8.61. The summed E-state index contributed by atoms with van der Waals surface area (Å²) in [6, 6.07) is 0. The molecule has 5 heteroatoms. The molecule has 0 saturated heterocycles. The molecule has 0 heterocycles. The summed E-state index contributed by atoms with van der Waals surface area (Å²) in [5.74, 6) is 0.768. The molecule has 0 aromatic heterocycles. The van der Waals surface area contributed by atoms with Gasteiger partial charge in [0.15, 0.2) is 0 Å². The molecule has 0 rings (SSSR count). The molecule has 78 valence electrons. The van der Waals surface area contributed by atoms with Gasteiger partial charge in [0.2, 0.25) is 0 Å².